The van der Waals surface area contributed by atoms with E-state index in [0.29, 0.717) is 19.0 Å². The molecular formula is C23H31NO4S. The maximum absolute atomic E-state index is 12.3. The number of hydrogen-bond acceptors (Lipinski definition) is 6. The van der Waals surface area contributed by atoms with Crippen molar-refractivity contribution < 1.29 is 19.1 Å². The SMILES string of the molecule is CCCCO/N=C(\c1ccc(OC(C)(C)C(=O)OCCCC)cc1)c1cccs1. The van der Waals surface area contributed by atoms with Crippen molar-refractivity contribution in [2.24, 2.45) is 5.16 Å². The Bertz CT molecular complexity index is 767. The van der Waals surface area contributed by atoms with Crippen LogP contribution >= 0.6 is 11.3 Å². The third-order valence-electron chi connectivity index (χ3n) is 4.22. The highest BCUT2D eigenvalue weighted by molar-refractivity contribution is 7.12. The zero-order chi connectivity index (χ0) is 21.1. The molecule has 0 aliphatic rings. The summed E-state index contributed by atoms with van der Waals surface area (Å²) in [6, 6.07) is 11.5. The van der Waals surface area contributed by atoms with Crippen LogP contribution in [-0.2, 0) is 14.4 Å². The molecule has 0 spiro atoms. The molecule has 2 aromatic rings. The Morgan fingerprint density at radius 1 is 1.03 bits per heavy atom. The number of oxime groups is 1. The minimum absolute atomic E-state index is 0.361. The number of carbonyl (C=O) groups excluding carboxylic acids is 1. The molecular weight excluding hydrogens is 386 g/mol. The average molecular weight is 418 g/mol. The fourth-order valence-corrected chi connectivity index (χ4v) is 3.20. The first-order chi connectivity index (χ1) is 14.0. The fraction of sp³-hybridized carbons (Fsp3) is 0.478. The molecule has 0 amide bonds. The van der Waals surface area contributed by atoms with E-state index >= 15 is 0 Å². The standard InChI is InChI=1S/C23H31NO4S/c1-5-7-15-26-22(25)23(3,4)28-19-13-11-18(12-14-19)21(20-10-9-17-29-20)24-27-16-8-6-2/h9-14,17H,5-8,15-16H2,1-4H3/b24-21+. The lowest BCUT2D eigenvalue weighted by molar-refractivity contribution is -0.159. The highest BCUT2D eigenvalue weighted by atomic mass is 32.1. The molecule has 2 rings (SSSR count). The predicted molar refractivity (Wildman–Crippen MR) is 118 cm³/mol. The summed E-state index contributed by atoms with van der Waals surface area (Å²) in [5.74, 6) is 0.240. The number of benzene rings is 1. The Hall–Kier alpha value is -2.34. The van der Waals surface area contributed by atoms with E-state index in [-0.39, 0.29) is 5.97 Å². The second kappa shape index (κ2) is 11.6. The molecule has 158 valence electrons. The van der Waals surface area contributed by atoms with Crippen LogP contribution < -0.4 is 4.74 Å². The second-order valence-electron chi connectivity index (χ2n) is 7.23. The third kappa shape index (κ3) is 7.20. The molecule has 0 N–H and O–H groups in total. The molecule has 1 aromatic heterocycles. The van der Waals surface area contributed by atoms with Crippen molar-refractivity contribution >= 4 is 23.0 Å². The van der Waals surface area contributed by atoms with Gasteiger partial charge in [-0.05, 0) is 62.4 Å². The first-order valence-corrected chi connectivity index (χ1v) is 11.1. The van der Waals surface area contributed by atoms with Gasteiger partial charge in [0, 0.05) is 5.56 Å². The van der Waals surface area contributed by atoms with Crippen LogP contribution in [0.15, 0.2) is 46.9 Å². The van der Waals surface area contributed by atoms with E-state index in [1.54, 1.807) is 25.2 Å². The van der Waals surface area contributed by atoms with Crippen molar-refractivity contribution in [1.82, 2.24) is 0 Å². The van der Waals surface area contributed by atoms with Gasteiger partial charge >= 0.3 is 5.97 Å². The lowest BCUT2D eigenvalue weighted by Gasteiger charge is -2.24. The Morgan fingerprint density at radius 3 is 2.34 bits per heavy atom. The van der Waals surface area contributed by atoms with Crippen LogP contribution in [-0.4, -0.2) is 30.5 Å². The van der Waals surface area contributed by atoms with Gasteiger partial charge in [-0.25, -0.2) is 4.79 Å². The molecule has 0 saturated carbocycles. The Kier molecular flexibility index (Phi) is 9.19. The predicted octanol–water partition coefficient (Wildman–Crippen LogP) is 5.82. The summed E-state index contributed by atoms with van der Waals surface area (Å²) in [5.41, 5.74) is 0.670. The zero-order valence-electron chi connectivity index (χ0n) is 17.8. The monoisotopic (exact) mass is 417 g/mol. The lowest BCUT2D eigenvalue weighted by Crippen LogP contribution is -2.39. The van der Waals surface area contributed by atoms with Crippen LogP contribution in [0.4, 0.5) is 0 Å². The summed E-state index contributed by atoms with van der Waals surface area (Å²) < 4.78 is 11.2. The van der Waals surface area contributed by atoms with Gasteiger partial charge in [-0.2, -0.15) is 0 Å². The molecule has 0 bridgehead atoms. The summed E-state index contributed by atoms with van der Waals surface area (Å²) in [4.78, 5) is 18.8. The molecule has 0 fully saturated rings. The molecule has 6 heteroatoms. The lowest BCUT2D eigenvalue weighted by atomic mass is 10.1. The quantitative estimate of drug-likeness (QED) is 0.189. The van der Waals surface area contributed by atoms with Gasteiger partial charge in [-0.3, -0.25) is 0 Å². The maximum atomic E-state index is 12.3. The van der Waals surface area contributed by atoms with Crippen molar-refractivity contribution in [3.63, 3.8) is 0 Å². The molecule has 0 atom stereocenters. The summed E-state index contributed by atoms with van der Waals surface area (Å²) in [5, 5.41) is 6.38. The fourth-order valence-electron chi connectivity index (χ4n) is 2.47. The maximum Gasteiger partial charge on any atom is 0.349 e. The summed E-state index contributed by atoms with van der Waals surface area (Å²) >= 11 is 1.61. The van der Waals surface area contributed by atoms with E-state index in [9.17, 15) is 4.79 Å². The highest BCUT2D eigenvalue weighted by Gasteiger charge is 2.31. The summed E-state index contributed by atoms with van der Waals surface area (Å²) in [6.45, 7) is 8.62. The molecule has 29 heavy (non-hydrogen) atoms. The summed E-state index contributed by atoms with van der Waals surface area (Å²) in [7, 11) is 0. The van der Waals surface area contributed by atoms with Crippen LogP contribution in [0.25, 0.3) is 0 Å². The van der Waals surface area contributed by atoms with Crippen molar-refractivity contribution in [2.45, 2.75) is 59.0 Å². The molecule has 0 unspecified atom stereocenters. The number of hydrogen-bond donors (Lipinski definition) is 0. The topological polar surface area (TPSA) is 57.1 Å². The van der Waals surface area contributed by atoms with Gasteiger partial charge in [0.05, 0.1) is 11.5 Å². The first-order valence-electron chi connectivity index (χ1n) is 10.2. The Labute approximate surface area is 177 Å². The first kappa shape index (κ1) is 22.9. The Balaban J connectivity index is 2.09. The molecule has 0 aliphatic carbocycles. The number of unbranched alkanes of at least 4 members (excludes halogenated alkanes) is 2. The molecule has 1 aromatic carbocycles. The minimum Gasteiger partial charge on any atom is -0.476 e. The van der Waals surface area contributed by atoms with Gasteiger partial charge < -0.3 is 14.3 Å². The molecule has 5 nitrogen and oxygen atoms in total. The van der Waals surface area contributed by atoms with Crippen LogP contribution in [0.3, 0.4) is 0 Å². The van der Waals surface area contributed by atoms with Gasteiger partial charge in [0.25, 0.3) is 0 Å². The number of thiophene rings is 1. The van der Waals surface area contributed by atoms with Crippen LogP contribution in [0.2, 0.25) is 0 Å². The van der Waals surface area contributed by atoms with Gasteiger partial charge in [0.2, 0.25) is 0 Å². The Morgan fingerprint density at radius 2 is 1.72 bits per heavy atom. The van der Waals surface area contributed by atoms with Gasteiger partial charge in [-0.15, -0.1) is 11.3 Å². The van der Waals surface area contributed by atoms with E-state index < -0.39 is 5.60 Å². The van der Waals surface area contributed by atoms with Gasteiger partial charge in [-0.1, -0.05) is 37.9 Å². The van der Waals surface area contributed by atoms with Crippen molar-refractivity contribution in [3.8, 4) is 5.75 Å². The minimum atomic E-state index is -1.05. The largest absolute Gasteiger partial charge is 0.476 e. The summed E-state index contributed by atoms with van der Waals surface area (Å²) in [6.07, 6.45) is 3.86. The van der Waals surface area contributed by atoms with E-state index in [1.807, 2.05) is 41.8 Å². The van der Waals surface area contributed by atoms with Crippen molar-refractivity contribution in [1.29, 1.82) is 0 Å². The van der Waals surface area contributed by atoms with E-state index in [1.165, 1.54) is 0 Å². The van der Waals surface area contributed by atoms with Gasteiger partial charge in [0.1, 0.15) is 18.1 Å². The molecule has 0 saturated heterocycles. The van der Waals surface area contributed by atoms with Crippen LogP contribution in [0.1, 0.15) is 63.8 Å². The number of nitrogens with zero attached hydrogens (tertiary/aromatic N) is 1. The zero-order valence-corrected chi connectivity index (χ0v) is 18.6. The van der Waals surface area contributed by atoms with Crippen LogP contribution in [0, 0.1) is 0 Å². The number of ether oxygens (including phenoxy) is 2. The second-order valence-corrected chi connectivity index (χ2v) is 8.18. The van der Waals surface area contributed by atoms with Crippen LogP contribution in [0.5, 0.6) is 5.75 Å². The number of carbonyl (C=O) groups is 1. The van der Waals surface area contributed by atoms with Crippen molar-refractivity contribution in [3.05, 3.63) is 52.2 Å². The third-order valence-corrected chi connectivity index (χ3v) is 5.10. The highest BCUT2D eigenvalue weighted by Crippen LogP contribution is 2.23. The molecule has 1 heterocycles. The number of esters is 1. The van der Waals surface area contributed by atoms with Gasteiger partial charge in [0.15, 0.2) is 5.60 Å². The van der Waals surface area contributed by atoms with E-state index in [2.05, 4.69) is 19.0 Å². The normalized spacial score (nSPS) is 11.9. The van der Waals surface area contributed by atoms with E-state index in [0.717, 1.165) is 41.8 Å². The average Bonchev–Trinajstić information content (AvgIpc) is 3.23. The smallest absolute Gasteiger partial charge is 0.349 e. The molecule has 0 radical (unpaired) electrons. The molecule has 0 aliphatic heterocycles. The number of rotatable bonds is 12. The van der Waals surface area contributed by atoms with E-state index in [4.69, 9.17) is 14.3 Å². The van der Waals surface area contributed by atoms with Crippen molar-refractivity contribution in [2.75, 3.05) is 13.2 Å².